The molecule has 1 aromatic carbocycles. The predicted octanol–water partition coefficient (Wildman–Crippen LogP) is 1.05. The number of pyridine rings is 1. The minimum atomic E-state index is -1.06. The first-order valence-electron chi connectivity index (χ1n) is 9.37. The van der Waals surface area contributed by atoms with Crippen LogP contribution in [0.4, 0.5) is 0 Å². The monoisotopic (exact) mass is 407 g/mol. The van der Waals surface area contributed by atoms with Crippen LogP contribution in [0.25, 0.3) is 0 Å². The van der Waals surface area contributed by atoms with Crippen molar-refractivity contribution in [3.05, 3.63) is 65.5 Å². The van der Waals surface area contributed by atoms with Crippen LogP contribution >= 0.6 is 0 Å². The molecule has 3 heterocycles. The lowest BCUT2D eigenvalue weighted by Gasteiger charge is -2.34. The molecule has 1 atom stereocenters. The first-order valence-corrected chi connectivity index (χ1v) is 9.37. The van der Waals surface area contributed by atoms with E-state index < -0.39 is 35.6 Å². The number of imide groups is 2. The van der Waals surface area contributed by atoms with Crippen LogP contribution in [-0.2, 0) is 14.3 Å². The molecule has 2 aliphatic heterocycles. The molecule has 1 aromatic heterocycles. The second kappa shape index (κ2) is 7.86. The third-order valence-corrected chi connectivity index (χ3v) is 5.09. The predicted molar refractivity (Wildman–Crippen MR) is 101 cm³/mol. The van der Waals surface area contributed by atoms with Gasteiger partial charge in [0.15, 0.2) is 0 Å². The number of ether oxygens (including phenoxy) is 1. The lowest BCUT2D eigenvalue weighted by molar-refractivity contribution is -0.152. The van der Waals surface area contributed by atoms with Crippen molar-refractivity contribution < 1.29 is 28.7 Å². The van der Waals surface area contributed by atoms with Gasteiger partial charge in [-0.3, -0.25) is 34.0 Å². The van der Waals surface area contributed by atoms with Crippen LogP contribution in [0.5, 0.6) is 0 Å². The number of piperidine rings is 1. The minimum Gasteiger partial charge on any atom is -0.460 e. The Labute approximate surface area is 171 Å². The minimum absolute atomic E-state index is 0.00210. The van der Waals surface area contributed by atoms with Crippen LogP contribution in [0.3, 0.4) is 0 Å². The Hall–Kier alpha value is -3.88. The molecule has 1 saturated heterocycles. The molecule has 0 aliphatic carbocycles. The zero-order valence-corrected chi connectivity index (χ0v) is 15.8. The fraction of sp³-hybridized carbons (Fsp3) is 0.238. The second-order valence-corrected chi connectivity index (χ2v) is 6.84. The van der Waals surface area contributed by atoms with Gasteiger partial charge in [-0.1, -0.05) is 12.1 Å². The van der Waals surface area contributed by atoms with E-state index in [1.807, 2.05) is 0 Å². The van der Waals surface area contributed by atoms with Crippen LogP contribution in [0, 0.1) is 0 Å². The van der Waals surface area contributed by atoms with Crippen molar-refractivity contribution in [2.24, 2.45) is 0 Å². The van der Waals surface area contributed by atoms with Gasteiger partial charge >= 0.3 is 5.97 Å². The topological polar surface area (TPSA) is 114 Å². The zero-order valence-electron chi connectivity index (χ0n) is 15.8. The van der Waals surface area contributed by atoms with Gasteiger partial charge in [-0.05, 0) is 30.7 Å². The van der Waals surface area contributed by atoms with E-state index in [1.165, 1.54) is 36.7 Å². The second-order valence-electron chi connectivity index (χ2n) is 6.84. The molecule has 1 unspecified atom stereocenters. The van der Waals surface area contributed by atoms with Crippen LogP contribution in [-0.4, -0.2) is 63.6 Å². The van der Waals surface area contributed by atoms with E-state index in [0.717, 1.165) is 9.80 Å². The first kappa shape index (κ1) is 19.4. The van der Waals surface area contributed by atoms with Gasteiger partial charge in [-0.2, -0.15) is 0 Å². The SMILES string of the molecule is O=C(OCCN1C(=O)CCC(N2C(=O)c3ccccc3C2=O)C1=O)c1ccncc1. The summed E-state index contributed by atoms with van der Waals surface area (Å²) in [5.41, 5.74) is 0.778. The number of amides is 4. The van der Waals surface area contributed by atoms with Gasteiger partial charge in [0, 0.05) is 18.8 Å². The van der Waals surface area contributed by atoms with Crippen molar-refractivity contribution in [2.45, 2.75) is 18.9 Å². The lowest BCUT2D eigenvalue weighted by atomic mass is 10.0. The van der Waals surface area contributed by atoms with Gasteiger partial charge in [0.1, 0.15) is 12.6 Å². The summed E-state index contributed by atoms with van der Waals surface area (Å²) < 4.78 is 5.12. The maximum absolute atomic E-state index is 12.9. The third kappa shape index (κ3) is 3.34. The van der Waals surface area contributed by atoms with Gasteiger partial charge in [-0.25, -0.2) is 4.79 Å². The Morgan fingerprint density at radius 2 is 1.63 bits per heavy atom. The van der Waals surface area contributed by atoms with Gasteiger partial charge in [0.05, 0.1) is 23.2 Å². The van der Waals surface area contributed by atoms with Crippen molar-refractivity contribution in [1.82, 2.24) is 14.8 Å². The average Bonchev–Trinajstić information content (AvgIpc) is 3.02. The van der Waals surface area contributed by atoms with E-state index in [4.69, 9.17) is 4.74 Å². The zero-order chi connectivity index (χ0) is 21.3. The Bertz CT molecular complexity index is 1020. The number of fused-ring (bicyclic) bond motifs is 1. The summed E-state index contributed by atoms with van der Waals surface area (Å²) in [6.07, 6.45) is 2.96. The molecule has 0 spiro atoms. The first-order chi connectivity index (χ1) is 14.5. The largest absolute Gasteiger partial charge is 0.460 e. The highest BCUT2D eigenvalue weighted by molar-refractivity contribution is 6.23. The van der Waals surface area contributed by atoms with Crippen molar-refractivity contribution >= 4 is 29.6 Å². The molecular formula is C21H17N3O6. The van der Waals surface area contributed by atoms with Crippen molar-refractivity contribution in [3.63, 3.8) is 0 Å². The molecule has 0 saturated carbocycles. The van der Waals surface area contributed by atoms with Crippen LogP contribution < -0.4 is 0 Å². The number of benzene rings is 1. The standard InChI is InChI=1S/C21H17N3O6/c25-17-6-5-16(24-18(26)14-3-1-2-4-15(14)19(24)27)20(28)23(17)11-12-30-21(29)13-7-9-22-10-8-13/h1-4,7-10,16H,5-6,11-12H2. The Balaban J connectivity index is 1.44. The summed E-state index contributed by atoms with van der Waals surface area (Å²) in [5.74, 6) is -2.79. The number of carbonyl (C=O) groups is 5. The van der Waals surface area contributed by atoms with Crippen LogP contribution in [0.15, 0.2) is 48.8 Å². The molecule has 1 fully saturated rings. The Kier molecular flexibility index (Phi) is 5.09. The molecule has 9 nitrogen and oxygen atoms in total. The summed E-state index contributed by atoms with van der Waals surface area (Å²) in [7, 11) is 0. The fourth-order valence-electron chi connectivity index (χ4n) is 3.59. The van der Waals surface area contributed by atoms with E-state index in [1.54, 1.807) is 12.1 Å². The average molecular weight is 407 g/mol. The summed E-state index contributed by atoms with van der Waals surface area (Å²) >= 11 is 0. The van der Waals surface area contributed by atoms with E-state index in [2.05, 4.69) is 4.98 Å². The molecule has 0 N–H and O–H groups in total. The van der Waals surface area contributed by atoms with Gasteiger partial charge in [0.25, 0.3) is 17.7 Å². The van der Waals surface area contributed by atoms with Gasteiger partial charge in [-0.15, -0.1) is 0 Å². The normalized spacial score (nSPS) is 18.6. The number of aromatic nitrogens is 1. The molecule has 0 radical (unpaired) electrons. The van der Waals surface area contributed by atoms with Crippen molar-refractivity contribution in [1.29, 1.82) is 0 Å². The molecule has 4 rings (SSSR count). The Morgan fingerprint density at radius 1 is 1.00 bits per heavy atom. The number of hydrogen-bond acceptors (Lipinski definition) is 7. The number of likely N-dealkylation sites (tertiary alicyclic amines) is 1. The number of nitrogens with zero attached hydrogens (tertiary/aromatic N) is 3. The maximum Gasteiger partial charge on any atom is 0.338 e. The summed E-state index contributed by atoms with van der Waals surface area (Å²) in [4.78, 5) is 68.2. The van der Waals surface area contributed by atoms with E-state index in [9.17, 15) is 24.0 Å². The van der Waals surface area contributed by atoms with Gasteiger partial charge in [0.2, 0.25) is 5.91 Å². The number of hydrogen-bond donors (Lipinski definition) is 0. The smallest absolute Gasteiger partial charge is 0.338 e. The number of rotatable bonds is 5. The highest BCUT2D eigenvalue weighted by Crippen LogP contribution is 2.28. The van der Waals surface area contributed by atoms with E-state index >= 15 is 0 Å². The van der Waals surface area contributed by atoms with Gasteiger partial charge < -0.3 is 4.74 Å². The molecule has 0 bridgehead atoms. The van der Waals surface area contributed by atoms with Crippen LogP contribution in [0.1, 0.15) is 43.9 Å². The molecule has 30 heavy (non-hydrogen) atoms. The van der Waals surface area contributed by atoms with Crippen molar-refractivity contribution in [3.8, 4) is 0 Å². The summed E-state index contributed by atoms with van der Waals surface area (Å²) in [5, 5.41) is 0. The molecular weight excluding hydrogens is 390 g/mol. The van der Waals surface area contributed by atoms with Crippen LogP contribution in [0.2, 0.25) is 0 Å². The maximum atomic E-state index is 12.9. The number of esters is 1. The summed E-state index contributed by atoms with van der Waals surface area (Å²) in [6, 6.07) is 8.25. The molecule has 2 aromatic rings. The summed E-state index contributed by atoms with van der Waals surface area (Å²) in [6.45, 7) is -0.359. The third-order valence-electron chi connectivity index (χ3n) is 5.09. The highest BCUT2D eigenvalue weighted by atomic mass is 16.5. The van der Waals surface area contributed by atoms with E-state index in [0.29, 0.717) is 5.56 Å². The fourth-order valence-corrected chi connectivity index (χ4v) is 3.59. The lowest BCUT2D eigenvalue weighted by Crippen LogP contribution is -2.56. The number of carbonyl (C=O) groups excluding carboxylic acids is 5. The molecule has 2 aliphatic rings. The molecule has 152 valence electrons. The molecule has 9 heteroatoms. The Morgan fingerprint density at radius 3 is 2.27 bits per heavy atom. The highest BCUT2D eigenvalue weighted by Gasteiger charge is 2.46. The molecule has 4 amide bonds. The van der Waals surface area contributed by atoms with E-state index in [-0.39, 0.29) is 37.1 Å². The van der Waals surface area contributed by atoms with Crippen molar-refractivity contribution in [2.75, 3.05) is 13.2 Å². The quantitative estimate of drug-likeness (QED) is 0.538.